The fourth-order valence-corrected chi connectivity index (χ4v) is 5.40. The molecule has 34 heavy (non-hydrogen) atoms. The van der Waals surface area contributed by atoms with E-state index in [0.717, 1.165) is 54.3 Å². The Hall–Kier alpha value is -3.48. The number of ether oxygens (including phenoxy) is 2. The van der Waals surface area contributed by atoms with Crippen LogP contribution in [-0.2, 0) is 13.6 Å². The van der Waals surface area contributed by atoms with E-state index >= 15 is 0 Å². The molecule has 0 saturated heterocycles. The van der Waals surface area contributed by atoms with Crippen molar-refractivity contribution in [3.05, 3.63) is 59.3 Å². The number of methoxy groups -OCH3 is 2. The highest BCUT2D eigenvalue weighted by Gasteiger charge is 2.31. The lowest BCUT2D eigenvalue weighted by molar-refractivity contribution is 0.0732. The van der Waals surface area contributed by atoms with Crippen LogP contribution in [0, 0.1) is 5.92 Å². The number of nitrogens with one attached hydrogen (secondary N) is 1. The predicted octanol–water partition coefficient (Wildman–Crippen LogP) is 4.14. The van der Waals surface area contributed by atoms with Gasteiger partial charge in [0.15, 0.2) is 0 Å². The molecule has 0 spiro atoms. The summed E-state index contributed by atoms with van der Waals surface area (Å²) < 4.78 is 12.8. The maximum atomic E-state index is 13.1. The number of aryl methyl sites for hydroxylation is 1. The molecule has 2 aromatic carbocycles. The van der Waals surface area contributed by atoms with E-state index in [1.807, 2.05) is 59.0 Å². The van der Waals surface area contributed by atoms with Gasteiger partial charge in [0.1, 0.15) is 17.2 Å². The topological polar surface area (TPSA) is 72.8 Å². The van der Waals surface area contributed by atoms with Gasteiger partial charge in [-0.05, 0) is 49.3 Å². The lowest BCUT2D eigenvalue weighted by Crippen LogP contribution is -2.40. The Morgan fingerprint density at radius 1 is 1.06 bits per heavy atom. The Bertz CT molecular complexity index is 1240. The van der Waals surface area contributed by atoms with Crippen LogP contribution in [0.15, 0.2) is 42.5 Å². The lowest BCUT2D eigenvalue weighted by Gasteiger charge is -2.31. The van der Waals surface area contributed by atoms with Crippen LogP contribution in [0.25, 0.3) is 10.9 Å². The maximum Gasteiger partial charge on any atom is 0.268 e. The number of aromatic nitrogens is 1. The molecule has 0 unspecified atom stereocenters. The van der Waals surface area contributed by atoms with Gasteiger partial charge in [-0.3, -0.25) is 9.59 Å². The maximum absolute atomic E-state index is 13.1. The third kappa shape index (κ3) is 4.00. The Balaban J connectivity index is 1.20. The molecule has 7 nitrogen and oxygen atoms in total. The van der Waals surface area contributed by atoms with Crippen molar-refractivity contribution in [3.63, 3.8) is 0 Å². The molecular weight excluding hydrogens is 430 g/mol. The molecule has 3 aromatic rings. The quantitative estimate of drug-likeness (QED) is 0.599. The van der Waals surface area contributed by atoms with Crippen molar-refractivity contribution in [2.75, 3.05) is 20.8 Å². The Morgan fingerprint density at radius 3 is 2.53 bits per heavy atom. The number of fused-ring (bicyclic) bond motifs is 2. The molecule has 1 aromatic heterocycles. The van der Waals surface area contributed by atoms with E-state index < -0.39 is 0 Å². The van der Waals surface area contributed by atoms with Gasteiger partial charge in [-0.2, -0.15) is 0 Å². The predicted molar refractivity (Wildman–Crippen MR) is 130 cm³/mol. The van der Waals surface area contributed by atoms with Crippen LogP contribution in [0.5, 0.6) is 11.5 Å². The summed E-state index contributed by atoms with van der Waals surface area (Å²) >= 11 is 0. The molecule has 2 aliphatic rings. The second-order valence-electron chi connectivity index (χ2n) is 9.38. The molecule has 0 atom stereocenters. The van der Waals surface area contributed by atoms with Crippen molar-refractivity contribution in [3.8, 4) is 11.5 Å². The highest BCUT2D eigenvalue weighted by molar-refractivity contribution is 6.01. The van der Waals surface area contributed by atoms with E-state index in [1.54, 1.807) is 14.2 Å². The molecule has 1 fully saturated rings. The molecule has 7 heteroatoms. The van der Waals surface area contributed by atoms with Gasteiger partial charge >= 0.3 is 0 Å². The normalized spacial score (nSPS) is 19.9. The third-order valence-corrected chi connectivity index (χ3v) is 7.34. The fraction of sp³-hybridized carbons (Fsp3) is 0.407. The molecule has 2 amide bonds. The van der Waals surface area contributed by atoms with Crippen LogP contribution in [0.4, 0.5) is 0 Å². The van der Waals surface area contributed by atoms with Gasteiger partial charge in [0.25, 0.3) is 11.8 Å². The van der Waals surface area contributed by atoms with Gasteiger partial charge in [-0.25, -0.2) is 0 Å². The number of benzene rings is 2. The fourth-order valence-electron chi connectivity index (χ4n) is 5.40. The summed E-state index contributed by atoms with van der Waals surface area (Å²) in [6.45, 7) is 1.50. The van der Waals surface area contributed by atoms with E-state index in [4.69, 9.17) is 9.47 Å². The molecule has 5 rings (SSSR count). The summed E-state index contributed by atoms with van der Waals surface area (Å²) in [5.41, 5.74) is 3.45. The van der Waals surface area contributed by atoms with Gasteiger partial charge in [0.05, 0.1) is 19.7 Å². The smallest absolute Gasteiger partial charge is 0.268 e. The summed E-state index contributed by atoms with van der Waals surface area (Å²) in [5.74, 6) is 1.92. The zero-order valence-corrected chi connectivity index (χ0v) is 20.0. The van der Waals surface area contributed by atoms with Crippen LogP contribution >= 0.6 is 0 Å². The zero-order chi connectivity index (χ0) is 23.8. The average molecular weight is 462 g/mol. The monoisotopic (exact) mass is 461 g/mol. The summed E-state index contributed by atoms with van der Waals surface area (Å²) in [6, 6.07) is 13.6. The first-order valence-electron chi connectivity index (χ1n) is 11.9. The van der Waals surface area contributed by atoms with Crippen LogP contribution in [0.3, 0.4) is 0 Å². The van der Waals surface area contributed by atoms with Crippen molar-refractivity contribution in [1.82, 2.24) is 14.8 Å². The van der Waals surface area contributed by atoms with E-state index in [0.29, 0.717) is 29.7 Å². The van der Waals surface area contributed by atoms with Crippen molar-refractivity contribution in [2.45, 2.75) is 38.3 Å². The first-order chi connectivity index (χ1) is 16.5. The largest absolute Gasteiger partial charge is 0.497 e. The van der Waals surface area contributed by atoms with Crippen LogP contribution in [-0.4, -0.2) is 48.1 Å². The van der Waals surface area contributed by atoms with Crippen LogP contribution < -0.4 is 14.8 Å². The van der Waals surface area contributed by atoms with Gasteiger partial charge in [0, 0.05) is 49.3 Å². The van der Waals surface area contributed by atoms with Crippen molar-refractivity contribution < 1.29 is 19.1 Å². The first-order valence-corrected chi connectivity index (χ1v) is 11.9. The summed E-state index contributed by atoms with van der Waals surface area (Å²) in [4.78, 5) is 27.8. The lowest BCUT2D eigenvalue weighted by atomic mass is 9.85. The van der Waals surface area contributed by atoms with Crippen LogP contribution in [0.2, 0.25) is 0 Å². The molecule has 0 radical (unpaired) electrons. The molecule has 1 saturated carbocycles. The van der Waals surface area contributed by atoms with Gasteiger partial charge in [-0.1, -0.05) is 18.2 Å². The number of carbonyl (C=O) groups is 2. The average Bonchev–Trinajstić information content (AvgIpc) is 3.36. The van der Waals surface area contributed by atoms with Gasteiger partial charge in [-0.15, -0.1) is 0 Å². The van der Waals surface area contributed by atoms with Crippen molar-refractivity contribution in [2.24, 2.45) is 13.0 Å². The van der Waals surface area contributed by atoms with Crippen LogP contribution in [0.1, 0.15) is 52.1 Å². The van der Waals surface area contributed by atoms with E-state index in [-0.39, 0.29) is 17.9 Å². The number of hydrogen-bond donors (Lipinski definition) is 1. The molecule has 0 bridgehead atoms. The Kier molecular flexibility index (Phi) is 5.94. The molecule has 1 N–H and O–H groups in total. The number of carbonyl (C=O) groups excluding carboxylic acids is 2. The van der Waals surface area contributed by atoms with Gasteiger partial charge in [0.2, 0.25) is 0 Å². The van der Waals surface area contributed by atoms with E-state index in [1.165, 1.54) is 0 Å². The number of amides is 2. The SMILES string of the molecule is COc1cc(OC)c2cc(C(=O)NC3CCC(CN4Cc5ccccc5C4=O)CC3)n(C)c2c1. The first kappa shape index (κ1) is 22.3. The minimum Gasteiger partial charge on any atom is -0.497 e. The van der Waals surface area contributed by atoms with E-state index in [9.17, 15) is 9.59 Å². The zero-order valence-electron chi connectivity index (χ0n) is 20.0. The molecule has 1 aliphatic heterocycles. The van der Waals surface area contributed by atoms with Crippen molar-refractivity contribution in [1.29, 1.82) is 0 Å². The second kappa shape index (κ2) is 9.05. The molecule has 178 valence electrons. The molecule has 2 heterocycles. The molecule has 1 aliphatic carbocycles. The van der Waals surface area contributed by atoms with E-state index in [2.05, 4.69) is 5.32 Å². The minimum atomic E-state index is -0.0756. The third-order valence-electron chi connectivity index (χ3n) is 7.34. The number of hydrogen-bond acceptors (Lipinski definition) is 4. The Morgan fingerprint density at radius 2 is 1.82 bits per heavy atom. The number of rotatable bonds is 6. The summed E-state index contributed by atoms with van der Waals surface area (Å²) in [5, 5.41) is 4.11. The summed E-state index contributed by atoms with van der Waals surface area (Å²) in [6.07, 6.45) is 3.86. The van der Waals surface area contributed by atoms with Crippen molar-refractivity contribution >= 4 is 22.7 Å². The highest BCUT2D eigenvalue weighted by atomic mass is 16.5. The molecular formula is C27H31N3O4. The van der Waals surface area contributed by atoms with Gasteiger partial charge < -0.3 is 24.3 Å². The highest BCUT2D eigenvalue weighted by Crippen LogP contribution is 2.34. The number of nitrogens with zero attached hydrogens (tertiary/aromatic N) is 2. The summed E-state index contributed by atoms with van der Waals surface area (Å²) in [7, 11) is 5.12. The Labute approximate surface area is 199 Å². The standard InChI is InChI=1S/C27H31N3O4/c1-29-23-12-20(33-2)13-25(34-3)22(23)14-24(29)26(31)28-19-10-8-17(9-11-19)15-30-16-18-6-4-5-7-21(18)27(30)32/h4-7,12-14,17,19H,8-11,15-16H2,1-3H3,(H,28,31). The second-order valence-corrected chi connectivity index (χ2v) is 9.38. The minimum absolute atomic E-state index is 0.0756.